The SMILES string of the molecule is CCC(=O)NCCC1CCc2ccc3c(c21)CCO3.CCC(=O)NCC[C@@H]1CCc2ccc3c(c21)CCO3. The van der Waals surface area contributed by atoms with E-state index in [1.54, 1.807) is 0 Å². The summed E-state index contributed by atoms with van der Waals surface area (Å²) in [5, 5.41) is 5.98. The van der Waals surface area contributed by atoms with Gasteiger partial charge in [0.05, 0.1) is 13.2 Å². The monoisotopic (exact) mass is 518 g/mol. The molecular weight excluding hydrogens is 476 g/mol. The Labute approximate surface area is 226 Å². The lowest BCUT2D eigenvalue weighted by Gasteiger charge is -2.15. The summed E-state index contributed by atoms with van der Waals surface area (Å²) in [6, 6.07) is 8.71. The highest BCUT2D eigenvalue weighted by Crippen LogP contribution is 2.44. The van der Waals surface area contributed by atoms with Gasteiger partial charge in [-0.15, -0.1) is 0 Å². The van der Waals surface area contributed by atoms with E-state index in [9.17, 15) is 9.59 Å². The normalized spacial score (nSPS) is 19.7. The molecule has 1 unspecified atom stereocenters. The molecule has 0 bridgehead atoms. The Morgan fingerprint density at radius 3 is 1.58 bits per heavy atom. The van der Waals surface area contributed by atoms with Crippen molar-refractivity contribution in [1.82, 2.24) is 10.6 Å². The van der Waals surface area contributed by atoms with Crippen LogP contribution in [0.4, 0.5) is 0 Å². The number of ether oxygens (including phenoxy) is 2. The van der Waals surface area contributed by atoms with Gasteiger partial charge in [-0.25, -0.2) is 0 Å². The molecule has 204 valence electrons. The van der Waals surface area contributed by atoms with Gasteiger partial charge in [-0.05, 0) is 84.7 Å². The summed E-state index contributed by atoms with van der Waals surface area (Å²) < 4.78 is 11.3. The highest BCUT2D eigenvalue weighted by Gasteiger charge is 2.30. The molecule has 6 rings (SSSR count). The molecule has 0 fully saturated rings. The summed E-state index contributed by atoms with van der Waals surface area (Å²) in [6.07, 6.45) is 10.1. The van der Waals surface area contributed by atoms with Crippen LogP contribution in [0.15, 0.2) is 24.3 Å². The lowest BCUT2D eigenvalue weighted by Crippen LogP contribution is -2.24. The number of amides is 2. The van der Waals surface area contributed by atoms with Gasteiger partial charge in [-0.1, -0.05) is 26.0 Å². The van der Waals surface area contributed by atoms with E-state index in [1.807, 2.05) is 13.8 Å². The Morgan fingerprint density at radius 2 is 1.16 bits per heavy atom. The van der Waals surface area contributed by atoms with E-state index < -0.39 is 0 Å². The summed E-state index contributed by atoms with van der Waals surface area (Å²) in [5.41, 5.74) is 8.91. The molecule has 0 aromatic heterocycles. The summed E-state index contributed by atoms with van der Waals surface area (Å²) in [4.78, 5) is 22.6. The smallest absolute Gasteiger partial charge is 0.219 e. The molecule has 0 saturated heterocycles. The minimum atomic E-state index is 0.153. The number of hydrogen-bond acceptors (Lipinski definition) is 4. The van der Waals surface area contributed by atoms with Crippen LogP contribution in [0.2, 0.25) is 0 Å². The molecule has 0 saturated carbocycles. The summed E-state index contributed by atoms with van der Waals surface area (Å²) in [5.74, 6) is 3.68. The van der Waals surface area contributed by atoms with Gasteiger partial charge in [-0.3, -0.25) is 9.59 Å². The van der Waals surface area contributed by atoms with Crippen molar-refractivity contribution in [3.05, 3.63) is 57.6 Å². The summed E-state index contributed by atoms with van der Waals surface area (Å²) >= 11 is 0. The lowest BCUT2D eigenvalue weighted by molar-refractivity contribution is -0.121. The zero-order chi connectivity index (χ0) is 26.5. The van der Waals surface area contributed by atoms with Crippen molar-refractivity contribution in [2.75, 3.05) is 26.3 Å². The maximum atomic E-state index is 11.3. The van der Waals surface area contributed by atoms with Crippen LogP contribution in [0.1, 0.15) is 97.6 Å². The Kier molecular flexibility index (Phi) is 8.55. The molecule has 2 aliphatic carbocycles. The molecule has 0 spiro atoms. The highest BCUT2D eigenvalue weighted by atomic mass is 16.5. The molecule has 2 aromatic carbocycles. The van der Waals surface area contributed by atoms with Gasteiger partial charge >= 0.3 is 0 Å². The topological polar surface area (TPSA) is 76.7 Å². The third-order valence-electron chi connectivity index (χ3n) is 8.64. The third-order valence-corrected chi connectivity index (χ3v) is 8.64. The van der Waals surface area contributed by atoms with Crippen molar-refractivity contribution < 1.29 is 19.1 Å². The number of aryl methyl sites for hydroxylation is 2. The first-order valence-corrected chi connectivity index (χ1v) is 14.7. The zero-order valence-electron chi connectivity index (χ0n) is 23.0. The van der Waals surface area contributed by atoms with Crippen molar-refractivity contribution >= 4 is 11.8 Å². The quantitative estimate of drug-likeness (QED) is 0.508. The van der Waals surface area contributed by atoms with Crippen molar-refractivity contribution in [2.24, 2.45) is 0 Å². The number of carbonyl (C=O) groups excluding carboxylic acids is 2. The van der Waals surface area contributed by atoms with Crippen LogP contribution in [-0.4, -0.2) is 38.1 Å². The average Bonchev–Trinajstić information content (AvgIpc) is 3.73. The van der Waals surface area contributed by atoms with Crippen LogP contribution in [-0.2, 0) is 35.3 Å². The number of carbonyl (C=O) groups is 2. The third kappa shape index (κ3) is 5.69. The minimum absolute atomic E-state index is 0.153. The molecule has 2 heterocycles. The van der Waals surface area contributed by atoms with E-state index in [2.05, 4.69) is 34.9 Å². The first-order valence-electron chi connectivity index (χ1n) is 14.7. The minimum Gasteiger partial charge on any atom is -0.493 e. The lowest BCUT2D eigenvalue weighted by atomic mass is 9.92. The van der Waals surface area contributed by atoms with E-state index in [4.69, 9.17) is 9.47 Å². The van der Waals surface area contributed by atoms with E-state index in [0.717, 1.165) is 63.5 Å². The number of hydrogen-bond donors (Lipinski definition) is 2. The highest BCUT2D eigenvalue weighted by molar-refractivity contribution is 5.75. The predicted molar refractivity (Wildman–Crippen MR) is 149 cm³/mol. The zero-order valence-corrected chi connectivity index (χ0v) is 23.0. The van der Waals surface area contributed by atoms with Crippen LogP contribution < -0.4 is 20.1 Å². The van der Waals surface area contributed by atoms with Crippen molar-refractivity contribution in [3.8, 4) is 11.5 Å². The van der Waals surface area contributed by atoms with E-state index >= 15 is 0 Å². The van der Waals surface area contributed by atoms with Gasteiger partial charge in [0.2, 0.25) is 11.8 Å². The standard InChI is InChI=1S/2C16H21NO2/c2*1-2-15(18)17-9-7-12-4-3-11-5-6-14-13(16(11)12)8-10-19-14/h2*5-6,12H,2-4,7-10H2,1H3,(H,17,18)/t12-;/m0./s1. The molecule has 6 heteroatoms. The summed E-state index contributed by atoms with van der Waals surface area (Å²) in [7, 11) is 0. The molecule has 2 aromatic rings. The first-order chi connectivity index (χ1) is 18.6. The van der Waals surface area contributed by atoms with Crippen LogP contribution in [0, 0.1) is 0 Å². The molecule has 4 aliphatic rings. The van der Waals surface area contributed by atoms with Crippen LogP contribution in [0.25, 0.3) is 0 Å². The van der Waals surface area contributed by atoms with Crippen molar-refractivity contribution in [2.45, 2.75) is 89.9 Å². The summed E-state index contributed by atoms with van der Waals surface area (Å²) in [6.45, 7) is 7.02. The Morgan fingerprint density at radius 1 is 0.711 bits per heavy atom. The Bertz CT molecular complexity index is 1080. The largest absolute Gasteiger partial charge is 0.493 e. The predicted octanol–water partition coefficient (Wildman–Crippen LogP) is 5.14. The molecule has 2 aliphatic heterocycles. The van der Waals surface area contributed by atoms with Crippen LogP contribution in [0.5, 0.6) is 11.5 Å². The fourth-order valence-electron chi connectivity index (χ4n) is 6.70. The average molecular weight is 519 g/mol. The van der Waals surface area contributed by atoms with E-state index in [1.165, 1.54) is 59.1 Å². The Hall–Kier alpha value is -3.02. The van der Waals surface area contributed by atoms with Gasteiger partial charge in [0.15, 0.2) is 0 Å². The number of nitrogens with one attached hydrogen (secondary N) is 2. The molecule has 2 amide bonds. The Balaban J connectivity index is 0.000000155. The number of rotatable bonds is 8. The fourth-order valence-corrected chi connectivity index (χ4v) is 6.70. The molecule has 0 radical (unpaired) electrons. The number of benzene rings is 2. The molecule has 6 nitrogen and oxygen atoms in total. The van der Waals surface area contributed by atoms with Gasteiger partial charge < -0.3 is 20.1 Å². The maximum Gasteiger partial charge on any atom is 0.219 e. The van der Waals surface area contributed by atoms with Crippen LogP contribution >= 0.6 is 0 Å². The fraction of sp³-hybridized carbons (Fsp3) is 0.562. The molecule has 2 atom stereocenters. The van der Waals surface area contributed by atoms with Gasteiger partial charge in [0, 0.05) is 49.9 Å². The second-order valence-electron chi connectivity index (χ2n) is 10.9. The van der Waals surface area contributed by atoms with E-state index in [-0.39, 0.29) is 11.8 Å². The second-order valence-corrected chi connectivity index (χ2v) is 10.9. The first kappa shape index (κ1) is 26.6. The van der Waals surface area contributed by atoms with Gasteiger partial charge in [0.25, 0.3) is 0 Å². The molecular formula is C32H42N2O4. The maximum absolute atomic E-state index is 11.3. The van der Waals surface area contributed by atoms with Crippen molar-refractivity contribution in [3.63, 3.8) is 0 Å². The van der Waals surface area contributed by atoms with E-state index in [0.29, 0.717) is 24.7 Å². The van der Waals surface area contributed by atoms with Gasteiger partial charge in [-0.2, -0.15) is 0 Å². The second kappa shape index (κ2) is 12.2. The molecule has 2 N–H and O–H groups in total. The van der Waals surface area contributed by atoms with Crippen molar-refractivity contribution in [1.29, 1.82) is 0 Å². The van der Waals surface area contributed by atoms with Crippen LogP contribution in [0.3, 0.4) is 0 Å². The van der Waals surface area contributed by atoms with Gasteiger partial charge in [0.1, 0.15) is 11.5 Å². The number of fused-ring (bicyclic) bond motifs is 6. The molecule has 38 heavy (non-hydrogen) atoms.